The van der Waals surface area contributed by atoms with E-state index >= 15 is 0 Å². The van der Waals surface area contributed by atoms with Crippen LogP contribution in [0.4, 0.5) is 4.39 Å². The fraction of sp³-hybridized carbons (Fsp3) is 0.273. The topological polar surface area (TPSA) is 38.0 Å². The van der Waals surface area contributed by atoms with Crippen LogP contribution >= 0.6 is 15.9 Å². The summed E-state index contributed by atoms with van der Waals surface area (Å²) in [7, 11) is 0. The molecule has 1 aromatic rings. The number of hydrogen-bond acceptors (Lipinski definition) is 2. The van der Waals surface area contributed by atoms with Gasteiger partial charge in [0.15, 0.2) is 0 Å². The summed E-state index contributed by atoms with van der Waals surface area (Å²) in [6, 6.07) is 4.79. The highest BCUT2D eigenvalue weighted by atomic mass is 79.9. The van der Waals surface area contributed by atoms with E-state index in [2.05, 4.69) is 27.9 Å². The highest BCUT2D eigenvalue weighted by Gasteiger charge is 2.08. The van der Waals surface area contributed by atoms with Crippen LogP contribution in [0.2, 0.25) is 0 Å². The summed E-state index contributed by atoms with van der Waals surface area (Å²) in [6.45, 7) is 3.66. The zero-order chi connectivity index (χ0) is 11.3. The van der Waals surface area contributed by atoms with Gasteiger partial charge < -0.3 is 0 Å². The van der Waals surface area contributed by atoms with E-state index in [-0.39, 0.29) is 11.9 Å². The van der Waals surface area contributed by atoms with Crippen molar-refractivity contribution in [2.75, 3.05) is 0 Å². The molecule has 0 radical (unpaired) electrons. The Kier molecular flexibility index (Phi) is 4.94. The van der Waals surface area contributed by atoms with Gasteiger partial charge in [-0.1, -0.05) is 28.1 Å². The largest absolute Gasteiger partial charge is 0.271 e. The van der Waals surface area contributed by atoms with Gasteiger partial charge in [-0.3, -0.25) is 11.3 Å². The summed E-state index contributed by atoms with van der Waals surface area (Å²) in [4.78, 5) is 0. The fourth-order valence-electron chi connectivity index (χ4n) is 1.36. The van der Waals surface area contributed by atoms with Crippen LogP contribution in [0.15, 0.2) is 35.3 Å². The summed E-state index contributed by atoms with van der Waals surface area (Å²) >= 11 is 3.32. The van der Waals surface area contributed by atoms with E-state index in [0.29, 0.717) is 0 Å². The molecule has 0 bridgehead atoms. The Balaban J connectivity index is 2.74. The van der Waals surface area contributed by atoms with Crippen molar-refractivity contribution in [3.05, 3.63) is 46.7 Å². The third kappa shape index (κ3) is 3.74. The maximum absolute atomic E-state index is 12.8. The molecule has 0 spiro atoms. The molecule has 0 aliphatic carbocycles. The van der Waals surface area contributed by atoms with Crippen molar-refractivity contribution in [2.24, 2.45) is 5.84 Å². The van der Waals surface area contributed by atoms with Crippen LogP contribution in [0.25, 0.3) is 0 Å². The van der Waals surface area contributed by atoms with Gasteiger partial charge >= 0.3 is 0 Å². The number of rotatable bonds is 5. The van der Waals surface area contributed by atoms with E-state index in [1.54, 1.807) is 6.07 Å². The fourth-order valence-corrected chi connectivity index (χ4v) is 1.88. The highest BCUT2D eigenvalue weighted by Crippen LogP contribution is 2.20. The van der Waals surface area contributed by atoms with E-state index in [9.17, 15) is 4.39 Å². The molecule has 1 unspecified atom stereocenters. The van der Waals surface area contributed by atoms with Crippen molar-refractivity contribution in [1.82, 2.24) is 5.43 Å². The average molecular weight is 273 g/mol. The van der Waals surface area contributed by atoms with Crippen molar-refractivity contribution < 1.29 is 4.39 Å². The molecule has 0 aliphatic rings. The van der Waals surface area contributed by atoms with Gasteiger partial charge in [0.25, 0.3) is 0 Å². The van der Waals surface area contributed by atoms with E-state index < -0.39 is 0 Å². The Bertz CT molecular complexity index is 341. The molecule has 0 aromatic heterocycles. The second-order valence-electron chi connectivity index (χ2n) is 3.33. The van der Waals surface area contributed by atoms with E-state index in [1.165, 1.54) is 12.1 Å². The maximum Gasteiger partial charge on any atom is 0.124 e. The lowest BCUT2D eigenvalue weighted by atomic mass is 10.0. The molecule has 0 saturated carbocycles. The van der Waals surface area contributed by atoms with Crippen molar-refractivity contribution >= 4 is 15.9 Å². The van der Waals surface area contributed by atoms with Crippen LogP contribution in [-0.4, -0.2) is 6.04 Å². The number of halogens is 2. The van der Waals surface area contributed by atoms with Gasteiger partial charge in [-0.05, 0) is 30.5 Å². The van der Waals surface area contributed by atoms with Crippen LogP contribution in [0.3, 0.4) is 0 Å². The van der Waals surface area contributed by atoms with E-state index in [0.717, 1.165) is 22.9 Å². The predicted molar refractivity (Wildman–Crippen MR) is 63.7 cm³/mol. The van der Waals surface area contributed by atoms with Gasteiger partial charge in [-0.15, -0.1) is 6.58 Å². The molecule has 0 heterocycles. The van der Waals surface area contributed by atoms with E-state index in [1.807, 2.05) is 6.08 Å². The Labute approximate surface area is 97.5 Å². The lowest BCUT2D eigenvalue weighted by Gasteiger charge is -2.14. The molecule has 2 nitrogen and oxygen atoms in total. The van der Waals surface area contributed by atoms with Crippen molar-refractivity contribution in [3.8, 4) is 0 Å². The molecule has 1 rings (SSSR count). The molecule has 82 valence electrons. The molecule has 15 heavy (non-hydrogen) atoms. The lowest BCUT2D eigenvalue weighted by Crippen LogP contribution is -2.36. The molecule has 3 N–H and O–H groups in total. The monoisotopic (exact) mass is 272 g/mol. The molecule has 0 fully saturated rings. The minimum Gasteiger partial charge on any atom is -0.271 e. The lowest BCUT2D eigenvalue weighted by molar-refractivity contribution is 0.529. The van der Waals surface area contributed by atoms with Gasteiger partial charge in [0.2, 0.25) is 0 Å². The zero-order valence-corrected chi connectivity index (χ0v) is 9.93. The van der Waals surface area contributed by atoms with Crippen LogP contribution in [0, 0.1) is 5.82 Å². The number of nitrogens with one attached hydrogen (secondary N) is 1. The van der Waals surface area contributed by atoms with Gasteiger partial charge in [-0.25, -0.2) is 4.39 Å². The Morgan fingerprint density at radius 3 is 2.87 bits per heavy atom. The van der Waals surface area contributed by atoms with Gasteiger partial charge in [0, 0.05) is 10.5 Å². The standard InChI is InChI=1S/C11H14BrFN2/c1-2-3-10(15-14)6-8-4-5-9(13)7-11(8)12/h2,4-5,7,10,15H,1,3,6,14H2. The summed E-state index contributed by atoms with van der Waals surface area (Å²) in [5, 5.41) is 0. The highest BCUT2D eigenvalue weighted by molar-refractivity contribution is 9.10. The number of hydrogen-bond donors (Lipinski definition) is 2. The molecule has 0 aliphatic heterocycles. The number of benzene rings is 1. The number of nitrogens with two attached hydrogens (primary N) is 1. The molecule has 0 saturated heterocycles. The minimum absolute atomic E-state index is 0.129. The van der Waals surface area contributed by atoms with Gasteiger partial charge in [-0.2, -0.15) is 0 Å². The smallest absolute Gasteiger partial charge is 0.124 e. The van der Waals surface area contributed by atoms with Crippen LogP contribution < -0.4 is 11.3 Å². The van der Waals surface area contributed by atoms with E-state index in [4.69, 9.17) is 5.84 Å². The molecular weight excluding hydrogens is 259 g/mol. The van der Waals surface area contributed by atoms with Gasteiger partial charge in [0.1, 0.15) is 5.82 Å². The molecule has 0 amide bonds. The summed E-state index contributed by atoms with van der Waals surface area (Å²) in [6.07, 6.45) is 3.33. The summed E-state index contributed by atoms with van der Waals surface area (Å²) in [5.41, 5.74) is 3.74. The molecule has 4 heteroatoms. The van der Waals surface area contributed by atoms with Crippen LogP contribution in [0.5, 0.6) is 0 Å². The first-order valence-electron chi connectivity index (χ1n) is 4.68. The maximum atomic E-state index is 12.8. The Hall–Kier alpha value is -0.710. The van der Waals surface area contributed by atoms with Crippen molar-refractivity contribution in [1.29, 1.82) is 0 Å². The van der Waals surface area contributed by atoms with Crippen molar-refractivity contribution in [2.45, 2.75) is 18.9 Å². The zero-order valence-electron chi connectivity index (χ0n) is 8.34. The normalized spacial score (nSPS) is 12.5. The van der Waals surface area contributed by atoms with Gasteiger partial charge in [0.05, 0.1) is 0 Å². The quantitative estimate of drug-likeness (QED) is 0.491. The second kappa shape index (κ2) is 6.00. The third-order valence-corrected chi connectivity index (χ3v) is 2.91. The molecule has 1 atom stereocenters. The molecule has 1 aromatic carbocycles. The molecular formula is C11H14BrFN2. The first-order chi connectivity index (χ1) is 7.17. The Morgan fingerprint density at radius 2 is 2.33 bits per heavy atom. The number of hydrazine groups is 1. The first kappa shape index (κ1) is 12.4. The van der Waals surface area contributed by atoms with Crippen molar-refractivity contribution in [3.63, 3.8) is 0 Å². The summed E-state index contributed by atoms with van der Waals surface area (Å²) < 4.78 is 13.6. The third-order valence-electron chi connectivity index (χ3n) is 2.17. The van der Waals surface area contributed by atoms with Crippen LogP contribution in [0.1, 0.15) is 12.0 Å². The second-order valence-corrected chi connectivity index (χ2v) is 4.18. The van der Waals surface area contributed by atoms with Crippen LogP contribution in [-0.2, 0) is 6.42 Å². The minimum atomic E-state index is -0.244. The SMILES string of the molecule is C=CCC(Cc1ccc(F)cc1Br)NN. The Morgan fingerprint density at radius 1 is 1.60 bits per heavy atom. The average Bonchev–Trinajstić information content (AvgIpc) is 2.21. The first-order valence-corrected chi connectivity index (χ1v) is 5.47. The predicted octanol–water partition coefficient (Wildman–Crippen LogP) is 2.54. The summed E-state index contributed by atoms with van der Waals surface area (Å²) in [5.74, 6) is 5.16.